The van der Waals surface area contributed by atoms with Gasteiger partial charge in [-0.05, 0) is 55.4 Å². The van der Waals surface area contributed by atoms with E-state index in [1.54, 1.807) is 26.0 Å². The van der Waals surface area contributed by atoms with Crippen LogP contribution < -0.4 is 20.7 Å². The van der Waals surface area contributed by atoms with Gasteiger partial charge in [-0.3, -0.25) is 24.0 Å². The van der Waals surface area contributed by atoms with Crippen molar-refractivity contribution in [1.82, 2.24) is 16.0 Å². The zero-order valence-corrected chi connectivity index (χ0v) is 26.7. The molecule has 1 fully saturated rings. The maximum absolute atomic E-state index is 14.0. The van der Waals surface area contributed by atoms with Gasteiger partial charge in [0, 0.05) is 17.7 Å². The Morgan fingerprint density at radius 2 is 1.46 bits per heavy atom. The number of para-hydroxylation sites is 1. The average molecular weight is 678 g/mol. The van der Waals surface area contributed by atoms with E-state index in [1.807, 2.05) is 0 Å². The van der Waals surface area contributed by atoms with Crippen LogP contribution in [0.25, 0.3) is 0 Å². The number of nitrogens with one attached hydrogen (secondary N) is 3. The molecule has 1 aliphatic rings. The molecule has 3 rings (SSSR count). The van der Waals surface area contributed by atoms with Gasteiger partial charge in [0.25, 0.3) is 5.91 Å². The van der Waals surface area contributed by atoms with Gasteiger partial charge in [0.05, 0.1) is 37.5 Å². The first-order valence-corrected chi connectivity index (χ1v) is 15.4. The second kappa shape index (κ2) is 17.0. The van der Waals surface area contributed by atoms with Gasteiger partial charge in [-0.2, -0.15) is 0 Å². The Morgan fingerprint density at radius 1 is 0.875 bits per heavy atom. The monoisotopic (exact) mass is 677 g/mol. The minimum Gasteiger partial charge on any atom is -0.496 e. The van der Waals surface area contributed by atoms with Gasteiger partial charge in [-0.25, -0.2) is 8.78 Å². The lowest BCUT2D eigenvalue weighted by molar-refractivity contribution is -0.149. The number of aliphatic carboxylic acids is 2. The minimum absolute atomic E-state index is 0.00505. The number of ether oxygens (including phenoxy) is 1. The first-order chi connectivity index (χ1) is 22.6. The van der Waals surface area contributed by atoms with Gasteiger partial charge < -0.3 is 41.1 Å². The van der Waals surface area contributed by atoms with Crippen LogP contribution in [0.2, 0.25) is 0 Å². The summed E-state index contributed by atoms with van der Waals surface area (Å²) in [5, 5.41) is 48.4. The second-order valence-corrected chi connectivity index (χ2v) is 12.3. The van der Waals surface area contributed by atoms with Crippen LogP contribution in [0.5, 0.6) is 5.75 Å². The topological polar surface area (TPSA) is 212 Å². The van der Waals surface area contributed by atoms with E-state index < -0.39 is 95.8 Å². The molecule has 15 heteroatoms. The number of carboxylic acid groups (broad SMARTS) is 2. The first kappa shape index (κ1) is 37.8. The molecule has 0 saturated heterocycles. The predicted octanol–water partition coefficient (Wildman–Crippen LogP) is 1.70. The van der Waals surface area contributed by atoms with Gasteiger partial charge in [0.1, 0.15) is 23.4 Å². The number of carbonyl (C=O) groups excluding carboxylic acids is 3. The van der Waals surface area contributed by atoms with Crippen LogP contribution in [0.4, 0.5) is 8.78 Å². The highest BCUT2D eigenvalue weighted by molar-refractivity contribution is 5.88. The molecule has 1 saturated carbocycles. The summed E-state index contributed by atoms with van der Waals surface area (Å²) >= 11 is 0. The average Bonchev–Trinajstić information content (AvgIpc) is 3.01. The van der Waals surface area contributed by atoms with Crippen molar-refractivity contribution in [2.45, 2.75) is 76.3 Å². The maximum Gasteiger partial charge on any atom is 0.306 e. The smallest absolute Gasteiger partial charge is 0.306 e. The summed E-state index contributed by atoms with van der Waals surface area (Å²) in [4.78, 5) is 62.6. The third-order valence-electron chi connectivity index (χ3n) is 8.26. The molecule has 3 amide bonds. The number of carbonyl (C=O) groups is 5. The molecule has 6 atom stereocenters. The quantitative estimate of drug-likeness (QED) is 0.145. The zero-order chi connectivity index (χ0) is 35.7. The number of carboxylic acids is 2. The van der Waals surface area contributed by atoms with E-state index in [0.717, 1.165) is 12.1 Å². The fourth-order valence-corrected chi connectivity index (χ4v) is 5.79. The Balaban J connectivity index is 1.75. The molecule has 0 aromatic heterocycles. The van der Waals surface area contributed by atoms with Crippen molar-refractivity contribution in [1.29, 1.82) is 0 Å². The fourth-order valence-electron chi connectivity index (χ4n) is 5.79. The highest BCUT2D eigenvalue weighted by atomic mass is 19.1. The lowest BCUT2D eigenvalue weighted by Gasteiger charge is -2.33. The molecule has 0 heterocycles. The first-order valence-electron chi connectivity index (χ1n) is 15.4. The van der Waals surface area contributed by atoms with Crippen molar-refractivity contribution in [3.8, 4) is 5.75 Å². The van der Waals surface area contributed by atoms with E-state index in [2.05, 4.69) is 16.0 Å². The summed E-state index contributed by atoms with van der Waals surface area (Å²) in [6.45, 7) is 3.26. The molecule has 0 spiro atoms. The molecule has 13 nitrogen and oxygen atoms in total. The molecule has 2 aromatic carbocycles. The Hall–Kier alpha value is -4.63. The van der Waals surface area contributed by atoms with Crippen molar-refractivity contribution in [3.63, 3.8) is 0 Å². The molecular weight excluding hydrogens is 636 g/mol. The van der Waals surface area contributed by atoms with Crippen molar-refractivity contribution in [2.24, 2.45) is 17.8 Å². The summed E-state index contributed by atoms with van der Waals surface area (Å²) in [5.41, 5.74) is 0.142. The molecule has 2 aromatic rings. The van der Waals surface area contributed by atoms with Crippen molar-refractivity contribution >= 4 is 29.7 Å². The van der Waals surface area contributed by atoms with Crippen LogP contribution in [0, 0.1) is 29.4 Å². The van der Waals surface area contributed by atoms with Crippen LogP contribution in [0.15, 0.2) is 42.5 Å². The Kier molecular flexibility index (Phi) is 13.4. The van der Waals surface area contributed by atoms with Gasteiger partial charge in [-0.15, -0.1) is 0 Å². The van der Waals surface area contributed by atoms with E-state index in [4.69, 9.17) is 4.74 Å². The Bertz CT molecular complexity index is 1450. The molecule has 1 aliphatic carbocycles. The van der Waals surface area contributed by atoms with Crippen LogP contribution in [0.1, 0.15) is 56.8 Å². The Labute approximate surface area is 275 Å². The summed E-state index contributed by atoms with van der Waals surface area (Å²) in [5.74, 6) is -8.95. The van der Waals surface area contributed by atoms with E-state index in [9.17, 15) is 53.2 Å². The SMILES string of the molecule is COc1ccccc1C(O)C(=O)N[C@@H](Cc1cc(F)cc(F)c1)[C@@H](O)CC(=O)N[C@H](C(=O)NC1CC(C(=O)O)CC(C(=O)O)C1)C(C)C. The highest BCUT2D eigenvalue weighted by Crippen LogP contribution is 2.30. The molecule has 0 radical (unpaired) electrons. The van der Waals surface area contributed by atoms with Crippen molar-refractivity contribution < 1.29 is 57.9 Å². The standard InChI is InChI=1S/C33H41F2N3O10/c1-16(2)28(30(42)36-22-12-18(32(44)45)11-19(13-22)33(46)47)38-27(40)15-25(39)24(10-17-8-20(34)14-21(35)9-17)37-31(43)29(41)23-6-4-5-7-26(23)48-3/h4-9,14,16,18-19,22,24-25,28-29,39,41H,10-13,15H2,1-3H3,(H,36,42)(H,37,43)(H,38,40)(H,44,45)(H,46,47)/t18?,19?,22?,24-,25-,28-,29?/m0/s1. The molecule has 262 valence electrons. The van der Waals surface area contributed by atoms with Crippen molar-refractivity contribution in [2.75, 3.05) is 7.11 Å². The van der Waals surface area contributed by atoms with Crippen LogP contribution in [0.3, 0.4) is 0 Å². The summed E-state index contributed by atoms with van der Waals surface area (Å²) < 4.78 is 33.1. The largest absolute Gasteiger partial charge is 0.496 e. The molecule has 3 unspecified atom stereocenters. The van der Waals surface area contributed by atoms with E-state index in [-0.39, 0.29) is 42.6 Å². The normalized spacial score (nSPS) is 20.1. The summed E-state index contributed by atoms with van der Waals surface area (Å²) in [7, 11) is 1.34. The lowest BCUT2D eigenvalue weighted by atomic mass is 9.78. The summed E-state index contributed by atoms with van der Waals surface area (Å²) in [6.07, 6.45) is -4.55. The van der Waals surface area contributed by atoms with Crippen LogP contribution in [-0.2, 0) is 30.4 Å². The third-order valence-corrected chi connectivity index (χ3v) is 8.26. The number of hydrogen-bond donors (Lipinski definition) is 7. The van der Waals surface area contributed by atoms with Crippen LogP contribution in [-0.4, -0.2) is 81.4 Å². The van der Waals surface area contributed by atoms with E-state index in [1.165, 1.54) is 19.2 Å². The number of hydrogen-bond acceptors (Lipinski definition) is 8. The van der Waals surface area contributed by atoms with E-state index >= 15 is 0 Å². The number of methoxy groups -OCH3 is 1. The fraction of sp³-hybridized carbons (Fsp3) is 0.485. The molecule has 0 aliphatic heterocycles. The van der Waals surface area contributed by atoms with Gasteiger partial charge >= 0.3 is 11.9 Å². The number of aliphatic hydroxyl groups excluding tert-OH is 2. The lowest BCUT2D eigenvalue weighted by Crippen LogP contribution is -2.55. The van der Waals surface area contributed by atoms with Gasteiger partial charge in [0.15, 0.2) is 6.10 Å². The molecule has 7 N–H and O–H groups in total. The summed E-state index contributed by atoms with van der Waals surface area (Å²) in [6, 6.07) is 5.46. The molecule has 48 heavy (non-hydrogen) atoms. The number of amides is 3. The van der Waals surface area contributed by atoms with Crippen LogP contribution >= 0.6 is 0 Å². The second-order valence-electron chi connectivity index (χ2n) is 12.3. The van der Waals surface area contributed by atoms with Crippen molar-refractivity contribution in [3.05, 3.63) is 65.2 Å². The number of aliphatic hydroxyl groups is 2. The maximum atomic E-state index is 14.0. The minimum atomic E-state index is -1.77. The number of benzene rings is 2. The highest BCUT2D eigenvalue weighted by Gasteiger charge is 2.38. The van der Waals surface area contributed by atoms with Gasteiger partial charge in [-0.1, -0.05) is 32.0 Å². The number of rotatable bonds is 15. The Morgan fingerprint density at radius 3 is 2.00 bits per heavy atom. The third kappa shape index (κ3) is 10.4. The molecular formula is C33H41F2N3O10. The van der Waals surface area contributed by atoms with E-state index in [0.29, 0.717) is 6.07 Å². The molecule has 0 bridgehead atoms. The predicted molar refractivity (Wildman–Crippen MR) is 165 cm³/mol. The number of halogens is 2. The zero-order valence-electron chi connectivity index (χ0n) is 26.7. The van der Waals surface area contributed by atoms with Gasteiger partial charge in [0.2, 0.25) is 11.8 Å².